The maximum atomic E-state index is 12.6. The van der Waals surface area contributed by atoms with Crippen molar-refractivity contribution in [3.8, 4) is 0 Å². The molecule has 0 aliphatic carbocycles. The summed E-state index contributed by atoms with van der Waals surface area (Å²) in [6.45, 7) is 6.81. The molecule has 0 aliphatic heterocycles. The molecule has 106 valence electrons. The van der Waals surface area contributed by atoms with Crippen LogP contribution < -0.4 is 0 Å². The highest BCUT2D eigenvalue weighted by molar-refractivity contribution is 7.07. The Balaban J connectivity index is 2.13. The monoisotopic (exact) mass is 287 g/mol. The van der Waals surface area contributed by atoms with Crippen LogP contribution in [0.2, 0.25) is 0 Å². The summed E-state index contributed by atoms with van der Waals surface area (Å²) in [6, 6.07) is 8.05. The number of likely N-dealkylation sites (N-methyl/N-ethyl adjacent to an activating group) is 1. The first-order valence-electron chi connectivity index (χ1n) is 6.82. The van der Waals surface area contributed by atoms with Crippen LogP contribution in [0.5, 0.6) is 0 Å². The van der Waals surface area contributed by atoms with Crippen LogP contribution in [0.25, 0.3) is 0 Å². The minimum Gasteiger partial charge on any atom is -0.292 e. The highest BCUT2D eigenvalue weighted by Crippen LogP contribution is 2.17. The Kier molecular flexibility index (Phi) is 4.73. The first-order valence-corrected chi connectivity index (χ1v) is 7.76. The van der Waals surface area contributed by atoms with Gasteiger partial charge in [0.1, 0.15) is 0 Å². The van der Waals surface area contributed by atoms with Crippen LogP contribution in [-0.4, -0.2) is 23.8 Å². The molecular weight excluding hydrogens is 266 g/mol. The van der Waals surface area contributed by atoms with Gasteiger partial charge in [-0.1, -0.05) is 17.7 Å². The van der Waals surface area contributed by atoms with E-state index in [0.29, 0.717) is 0 Å². The molecule has 1 atom stereocenters. The van der Waals surface area contributed by atoms with Crippen LogP contribution in [0.4, 0.5) is 0 Å². The summed E-state index contributed by atoms with van der Waals surface area (Å²) in [7, 11) is 2.01. The van der Waals surface area contributed by atoms with Gasteiger partial charge in [-0.25, -0.2) is 0 Å². The Bertz CT molecular complexity index is 589. The lowest BCUT2D eigenvalue weighted by atomic mass is 9.97. The third kappa shape index (κ3) is 3.35. The minimum absolute atomic E-state index is 0.115. The standard InChI is InChI=1S/C17H21NOS/c1-12-5-6-13(2)16(9-12)17(19)14(3)18(4)10-15-7-8-20-11-15/h5-9,11,14H,10H2,1-4H3. The van der Waals surface area contributed by atoms with Gasteiger partial charge in [-0.05, 0) is 61.8 Å². The summed E-state index contributed by atoms with van der Waals surface area (Å²) < 4.78 is 0. The summed E-state index contributed by atoms with van der Waals surface area (Å²) in [6.07, 6.45) is 0. The van der Waals surface area contributed by atoms with E-state index in [1.54, 1.807) is 11.3 Å². The van der Waals surface area contributed by atoms with E-state index in [-0.39, 0.29) is 11.8 Å². The maximum absolute atomic E-state index is 12.6. The molecule has 20 heavy (non-hydrogen) atoms. The number of carbonyl (C=O) groups excluding carboxylic acids is 1. The number of aryl methyl sites for hydroxylation is 2. The topological polar surface area (TPSA) is 20.3 Å². The summed E-state index contributed by atoms with van der Waals surface area (Å²) in [5, 5.41) is 4.20. The van der Waals surface area contributed by atoms with Crippen LogP contribution in [0.3, 0.4) is 0 Å². The van der Waals surface area contributed by atoms with Crippen LogP contribution in [0, 0.1) is 13.8 Å². The zero-order valence-electron chi connectivity index (χ0n) is 12.5. The number of ketones is 1. The highest BCUT2D eigenvalue weighted by atomic mass is 32.1. The molecule has 0 saturated heterocycles. The first-order chi connectivity index (χ1) is 9.49. The molecule has 1 aromatic carbocycles. The van der Waals surface area contributed by atoms with Crippen LogP contribution in [-0.2, 0) is 6.54 Å². The van der Waals surface area contributed by atoms with Crippen molar-refractivity contribution in [2.24, 2.45) is 0 Å². The predicted octanol–water partition coefficient (Wildman–Crippen LogP) is 4.07. The second-order valence-corrected chi connectivity index (χ2v) is 6.19. The van der Waals surface area contributed by atoms with Gasteiger partial charge in [-0.2, -0.15) is 11.3 Å². The van der Waals surface area contributed by atoms with Crippen LogP contribution in [0.15, 0.2) is 35.0 Å². The average molecular weight is 287 g/mol. The molecule has 0 aliphatic rings. The Morgan fingerprint density at radius 1 is 1.30 bits per heavy atom. The molecule has 0 amide bonds. The molecule has 0 radical (unpaired) electrons. The molecular formula is C17H21NOS. The number of hydrogen-bond acceptors (Lipinski definition) is 3. The van der Waals surface area contributed by atoms with Gasteiger partial charge in [0.05, 0.1) is 6.04 Å². The maximum Gasteiger partial charge on any atom is 0.179 e. The Morgan fingerprint density at radius 2 is 2.05 bits per heavy atom. The second-order valence-electron chi connectivity index (χ2n) is 5.41. The van der Waals surface area contributed by atoms with Crippen molar-refractivity contribution in [1.82, 2.24) is 4.90 Å². The molecule has 0 bridgehead atoms. The van der Waals surface area contributed by atoms with E-state index in [4.69, 9.17) is 0 Å². The lowest BCUT2D eigenvalue weighted by molar-refractivity contribution is 0.0861. The van der Waals surface area contributed by atoms with Gasteiger partial charge in [-0.15, -0.1) is 0 Å². The van der Waals surface area contributed by atoms with E-state index in [0.717, 1.165) is 23.2 Å². The molecule has 0 fully saturated rings. The van der Waals surface area contributed by atoms with Gasteiger partial charge < -0.3 is 0 Å². The van der Waals surface area contributed by atoms with Crippen molar-refractivity contribution in [3.05, 3.63) is 57.3 Å². The number of carbonyl (C=O) groups is 1. The van der Waals surface area contributed by atoms with Gasteiger partial charge in [-0.3, -0.25) is 9.69 Å². The van der Waals surface area contributed by atoms with E-state index in [9.17, 15) is 4.79 Å². The summed E-state index contributed by atoms with van der Waals surface area (Å²) >= 11 is 1.69. The second kappa shape index (κ2) is 6.33. The summed E-state index contributed by atoms with van der Waals surface area (Å²) in [4.78, 5) is 14.8. The number of benzene rings is 1. The number of nitrogens with zero attached hydrogens (tertiary/aromatic N) is 1. The van der Waals surface area contributed by atoms with E-state index >= 15 is 0 Å². The Labute approximate surface area is 125 Å². The number of rotatable bonds is 5. The quantitative estimate of drug-likeness (QED) is 0.773. The number of hydrogen-bond donors (Lipinski definition) is 0. The van der Waals surface area contributed by atoms with Crippen molar-refractivity contribution < 1.29 is 4.79 Å². The molecule has 0 saturated carbocycles. The highest BCUT2D eigenvalue weighted by Gasteiger charge is 2.21. The normalized spacial score (nSPS) is 12.7. The van der Waals surface area contributed by atoms with E-state index in [1.807, 2.05) is 46.0 Å². The Hall–Kier alpha value is -1.45. The van der Waals surface area contributed by atoms with Gasteiger partial charge in [0.2, 0.25) is 0 Å². The van der Waals surface area contributed by atoms with Crippen molar-refractivity contribution in [1.29, 1.82) is 0 Å². The SMILES string of the molecule is Cc1ccc(C)c(C(=O)C(C)N(C)Cc2ccsc2)c1. The molecule has 1 unspecified atom stereocenters. The average Bonchev–Trinajstić information content (AvgIpc) is 2.92. The predicted molar refractivity (Wildman–Crippen MR) is 85.5 cm³/mol. The molecule has 0 N–H and O–H groups in total. The van der Waals surface area contributed by atoms with E-state index in [2.05, 4.69) is 21.7 Å². The fourth-order valence-electron chi connectivity index (χ4n) is 2.23. The lowest BCUT2D eigenvalue weighted by Gasteiger charge is -2.24. The van der Waals surface area contributed by atoms with Crippen molar-refractivity contribution >= 4 is 17.1 Å². The number of thiophene rings is 1. The largest absolute Gasteiger partial charge is 0.292 e. The van der Waals surface area contributed by atoms with Gasteiger partial charge in [0.15, 0.2) is 5.78 Å². The molecule has 1 heterocycles. The smallest absolute Gasteiger partial charge is 0.179 e. The molecule has 2 nitrogen and oxygen atoms in total. The van der Waals surface area contributed by atoms with Crippen LogP contribution >= 0.6 is 11.3 Å². The van der Waals surface area contributed by atoms with Crippen LogP contribution in [0.1, 0.15) is 34.0 Å². The number of Topliss-reactive ketones (excluding diaryl/α,β-unsaturated/α-hetero) is 1. The third-order valence-corrected chi connectivity index (χ3v) is 4.44. The summed E-state index contributed by atoms with van der Waals surface area (Å²) in [5.41, 5.74) is 4.29. The van der Waals surface area contributed by atoms with Crippen molar-refractivity contribution in [3.63, 3.8) is 0 Å². The first kappa shape index (κ1) is 14.9. The molecule has 3 heteroatoms. The summed E-state index contributed by atoms with van der Waals surface area (Å²) in [5.74, 6) is 0.198. The molecule has 2 aromatic rings. The third-order valence-electron chi connectivity index (χ3n) is 3.71. The van der Waals surface area contributed by atoms with Crippen molar-refractivity contribution in [2.45, 2.75) is 33.4 Å². The van der Waals surface area contributed by atoms with Gasteiger partial charge >= 0.3 is 0 Å². The molecule has 2 rings (SSSR count). The zero-order valence-corrected chi connectivity index (χ0v) is 13.3. The fourth-order valence-corrected chi connectivity index (χ4v) is 2.89. The van der Waals surface area contributed by atoms with E-state index in [1.165, 1.54) is 5.56 Å². The molecule has 1 aromatic heterocycles. The van der Waals surface area contributed by atoms with Crippen molar-refractivity contribution in [2.75, 3.05) is 7.05 Å². The minimum atomic E-state index is -0.115. The zero-order chi connectivity index (χ0) is 14.7. The van der Waals surface area contributed by atoms with E-state index < -0.39 is 0 Å². The van der Waals surface area contributed by atoms with Gasteiger partial charge in [0.25, 0.3) is 0 Å². The lowest BCUT2D eigenvalue weighted by Crippen LogP contribution is -2.35. The fraction of sp³-hybridized carbons (Fsp3) is 0.353. The Morgan fingerprint density at radius 3 is 2.70 bits per heavy atom. The molecule has 0 spiro atoms. The van der Waals surface area contributed by atoms with Gasteiger partial charge in [0, 0.05) is 12.1 Å².